The van der Waals surface area contributed by atoms with Gasteiger partial charge in [0.2, 0.25) is 0 Å². The molecule has 0 unspecified atom stereocenters. The fourth-order valence-corrected chi connectivity index (χ4v) is 2.87. The van der Waals surface area contributed by atoms with Gasteiger partial charge in [0.1, 0.15) is 0 Å². The van der Waals surface area contributed by atoms with Crippen LogP contribution in [-0.2, 0) is 4.79 Å². The van der Waals surface area contributed by atoms with Crippen molar-refractivity contribution in [3.63, 3.8) is 0 Å². The average Bonchev–Trinajstić information content (AvgIpc) is 2.47. The molecule has 0 aliphatic carbocycles. The van der Waals surface area contributed by atoms with Crippen molar-refractivity contribution in [3.05, 3.63) is 30.5 Å². The first-order valence-electron chi connectivity index (χ1n) is 6.91. The van der Waals surface area contributed by atoms with E-state index in [4.69, 9.17) is 5.11 Å². The van der Waals surface area contributed by atoms with Gasteiger partial charge in [0.15, 0.2) is 0 Å². The third kappa shape index (κ3) is 2.57. The molecular formula is C15H17N3O2. The van der Waals surface area contributed by atoms with Crippen LogP contribution in [0.4, 0.5) is 5.69 Å². The topological polar surface area (TPSA) is 66.3 Å². The second-order valence-electron chi connectivity index (χ2n) is 5.28. The van der Waals surface area contributed by atoms with Crippen LogP contribution in [0.3, 0.4) is 0 Å². The van der Waals surface area contributed by atoms with Gasteiger partial charge in [-0.15, -0.1) is 0 Å². The van der Waals surface area contributed by atoms with E-state index in [9.17, 15) is 4.79 Å². The average molecular weight is 271 g/mol. The van der Waals surface area contributed by atoms with Crippen molar-refractivity contribution in [2.24, 2.45) is 5.92 Å². The third-order valence-electron chi connectivity index (χ3n) is 3.94. The lowest BCUT2D eigenvalue weighted by molar-refractivity contribution is -0.138. The Balaban J connectivity index is 1.78. The maximum atomic E-state index is 10.8. The van der Waals surface area contributed by atoms with Crippen molar-refractivity contribution in [1.82, 2.24) is 10.2 Å². The predicted octanol–water partition coefficient (Wildman–Crippen LogP) is 2.32. The number of hydrogen-bond acceptors (Lipinski definition) is 4. The Morgan fingerprint density at radius 1 is 1.30 bits per heavy atom. The molecule has 5 heteroatoms. The summed E-state index contributed by atoms with van der Waals surface area (Å²) in [6, 6.07) is 7.98. The summed E-state index contributed by atoms with van der Waals surface area (Å²) in [5, 5.41) is 18.2. The van der Waals surface area contributed by atoms with E-state index in [1.807, 2.05) is 18.2 Å². The van der Waals surface area contributed by atoms with Crippen molar-refractivity contribution < 1.29 is 9.90 Å². The van der Waals surface area contributed by atoms with Crippen LogP contribution >= 0.6 is 0 Å². The molecule has 0 bridgehead atoms. The lowest BCUT2D eigenvalue weighted by atomic mass is 9.93. The molecule has 1 aliphatic rings. The van der Waals surface area contributed by atoms with Gasteiger partial charge in [-0.2, -0.15) is 10.2 Å². The number of carbonyl (C=O) groups is 1. The minimum atomic E-state index is -0.695. The molecule has 1 aromatic carbocycles. The molecule has 2 aromatic rings. The first-order chi connectivity index (χ1) is 9.74. The van der Waals surface area contributed by atoms with E-state index < -0.39 is 5.97 Å². The largest absolute Gasteiger partial charge is 0.481 e. The van der Waals surface area contributed by atoms with Crippen LogP contribution in [0.15, 0.2) is 30.5 Å². The molecule has 1 fully saturated rings. The summed E-state index contributed by atoms with van der Waals surface area (Å²) in [7, 11) is 0. The normalized spacial score (nSPS) is 16.5. The molecule has 0 spiro atoms. The number of carboxylic acids is 1. The van der Waals surface area contributed by atoms with Gasteiger partial charge < -0.3 is 10.0 Å². The Hall–Kier alpha value is -2.17. The molecule has 1 N–H and O–H groups in total. The maximum absolute atomic E-state index is 10.8. The van der Waals surface area contributed by atoms with Crippen molar-refractivity contribution in [1.29, 1.82) is 0 Å². The van der Waals surface area contributed by atoms with Crippen molar-refractivity contribution >= 4 is 22.6 Å². The zero-order valence-corrected chi connectivity index (χ0v) is 11.2. The molecule has 0 saturated carbocycles. The van der Waals surface area contributed by atoms with Crippen LogP contribution in [0.5, 0.6) is 0 Å². The molecule has 0 amide bonds. The summed E-state index contributed by atoms with van der Waals surface area (Å²) >= 11 is 0. The molecule has 1 aliphatic heterocycles. The number of hydrogen-bond donors (Lipinski definition) is 1. The Labute approximate surface area is 117 Å². The number of carboxylic acid groups (broad SMARTS) is 1. The minimum absolute atomic E-state index is 0.281. The van der Waals surface area contributed by atoms with Gasteiger partial charge in [-0.25, -0.2) is 0 Å². The highest BCUT2D eigenvalue weighted by Crippen LogP contribution is 2.29. The van der Waals surface area contributed by atoms with Crippen LogP contribution in [0.25, 0.3) is 10.9 Å². The summed E-state index contributed by atoms with van der Waals surface area (Å²) in [6.07, 6.45) is 3.93. The van der Waals surface area contributed by atoms with E-state index in [2.05, 4.69) is 21.2 Å². The lowest BCUT2D eigenvalue weighted by Crippen LogP contribution is -2.34. The molecule has 2 heterocycles. The molecule has 5 nitrogen and oxygen atoms in total. The van der Waals surface area contributed by atoms with Gasteiger partial charge in [-0.1, -0.05) is 18.2 Å². The van der Waals surface area contributed by atoms with Crippen LogP contribution in [-0.4, -0.2) is 34.4 Å². The molecule has 3 rings (SSSR count). The van der Waals surface area contributed by atoms with E-state index in [1.54, 1.807) is 6.20 Å². The Bertz CT molecular complexity index is 616. The molecule has 0 atom stereocenters. The Kier molecular flexibility index (Phi) is 3.50. The van der Waals surface area contributed by atoms with Gasteiger partial charge in [0, 0.05) is 24.9 Å². The number of aromatic nitrogens is 2. The highest BCUT2D eigenvalue weighted by atomic mass is 16.4. The number of rotatable bonds is 3. The summed E-state index contributed by atoms with van der Waals surface area (Å²) in [6.45, 7) is 1.77. The van der Waals surface area contributed by atoms with Gasteiger partial charge >= 0.3 is 5.97 Å². The van der Waals surface area contributed by atoms with Gasteiger partial charge in [0.25, 0.3) is 0 Å². The molecular weight excluding hydrogens is 254 g/mol. The van der Waals surface area contributed by atoms with Gasteiger partial charge in [0.05, 0.1) is 17.4 Å². The maximum Gasteiger partial charge on any atom is 0.303 e. The fourth-order valence-electron chi connectivity index (χ4n) is 2.87. The second kappa shape index (κ2) is 5.45. The number of benzene rings is 1. The highest BCUT2D eigenvalue weighted by molar-refractivity contribution is 5.90. The first-order valence-corrected chi connectivity index (χ1v) is 6.91. The molecule has 104 valence electrons. The quantitative estimate of drug-likeness (QED) is 0.928. The Morgan fingerprint density at radius 3 is 2.80 bits per heavy atom. The summed E-state index contributed by atoms with van der Waals surface area (Å²) in [5.41, 5.74) is 2.00. The lowest BCUT2D eigenvalue weighted by Gasteiger charge is -2.33. The second-order valence-corrected chi connectivity index (χ2v) is 5.28. The van der Waals surface area contributed by atoms with Crippen LogP contribution in [0, 0.1) is 5.92 Å². The van der Waals surface area contributed by atoms with Gasteiger partial charge in [-0.05, 0) is 24.8 Å². The molecule has 1 aromatic heterocycles. The monoisotopic (exact) mass is 271 g/mol. The SMILES string of the molecule is O=C(O)CC1CCN(c2cnnc3ccccc23)CC1. The van der Waals surface area contributed by atoms with Crippen molar-refractivity contribution in [3.8, 4) is 0 Å². The molecule has 0 radical (unpaired) electrons. The van der Waals surface area contributed by atoms with Crippen LogP contribution in [0.1, 0.15) is 19.3 Å². The van der Waals surface area contributed by atoms with E-state index in [1.165, 1.54) is 0 Å². The van der Waals surface area contributed by atoms with E-state index in [0.29, 0.717) is 5.92 Å². The zero-order valence-electron chi connectivity index (χ0n) is 11.2. The van der Waals surface area contributed by atoms with E-state index in [-0.39, 0.29) is 6.42 Å². The summed E-state index contributed by atoms with van der Waals surface area (Å²) in [4.78, 5) is 13.0. The number of piperidine rings is 1. The van der Waals surface area contributed by atoms with Gasteiger partial charge in [-0.3, -0.25) is 4.79 Å². The van der Waals surface area contributed by atoms with Crippen LogP contribution in [0.2, 0.25) is 0 Å². The first kappa shape index (κ1) is 12.8. The number of fused-ring (bicyclic) bond motifs is 1. The minimum Gasteiger partial charge on any atom is -0.481 e. The number of anilines is 1. The van der Waals surface area contributed by atoms with E-state index in [0.717, 1.165) is 42.5 Å². The van der Waals surface area contributed by atoms with Crippen molar-refractivity contribution in [2.45, 2.75) is 19.3 Å². The predicted molar refractivity (Wildman–Crippen MR) is 76.7 cm³/mol. The van der Waals surface area contributed by atoms with Crippen LogP contribution < -0.4 is 4.90 Å². The zero-order chi connectivity index (χ0) is 13.9. The smallest absolute Gasteiger partial charge is 0.303 e. The van der Waals surface area contributed by atoms with Crippen molar-refractivity contribution in [2.75, 3.05) is 18.0 Å². The molecule has 1 saturated heterocycles. The number of aliphatic carboxylic acids is 1. The summed E-state index contributed by atoms with van der Waals surface area (Å²) in [5.74, 6) is -0.399. The molecule has 20 heavy (non-hydrogen) atoms. The number of nitrogens with zero attached hydrogens (tertiary/aromatic N) is 3. The standard InChI is InChI=1S/C15H17N3O2/c19-15(20)9-11-5-7-18(8-6-11)14-10-16-17-13-4-2-1-3-12(13)14/h1-4,10-11H,5-9H2,(H,19,20). The summed E-state index contributed by atoms with van der Waals surface area (Å²) < 4.78 is 0. The Morgan fingerprint density at radius 2 is 2.05 bits per heavy atom. The van der Waals surface area contributed by atoms with E-state index >= 15 is 0 Å². The third-order valence-corrected chi connectivity index (χ3v) is 3.94. The highest BCUT2D eigenvalue weighted by Gasteiger charge is 2.22. The fraction of sp³-hybridized carbons (Fsp3) is 0.400.